The molecule has 2 N–H and O–H groups in total. The molecule has 0 atom stereocenters. The summed E-state index contributed by atoms with van der Waals surface area (Å²) in [5.41, 5.74) is 6.23. The number of nitrogens with zero attached hydrogens (tertiary/aromatic N) is 1. The smallest absolute Gasteiger partial charge is 0.00354 e. The molecule has 0 aromatic rings. The molecule has 1 rings (SSSR count). The van der Waals surface area contributed by atoms with Crippen molar-refractivity contribution in [3.05, 3.63) is 0 Å². The van der Waals surface area contributed by atoms with Crippen molar-refractivity contribution in [1.82, 2.24) is 4.90 Å². The maximum Gasteiger partial charge on any atom is 0.00354 e. The Morgan fingerprint density at radius 2 is 2.08 bits per heavy atom. The zero-order valence-electron chi connectivity index (χ0n) is 9.18. The molecule has 78 valence electrons. The molecule has 1 fully saturated rings. The Hall–Kier alpha value is -0.0800. The van der Waals surface area contributed by atoms with E-state index in [1.807, 2.05) is 0 Å². The first-order valence-corrected chi connectivity index (χ1v) is 5.61. The standard InChI is InChI=1S/C11H24N2/c1-3-4-9-13(2)10-11(5-6-11)7-8-12/h3-10,12H2,1-2H3. The molecule has 0 radical (unpaired) electrons. The summed E-state index contributed by atoms with van der Waals surface area (Å²) in [6.45, 7) is 5.63. The molecule has 0 aromatic carbocycles. The van der Waals surface area contributed by atoms with Crippen molar-refractivity contribution in [3.63, 3.8) is 0 Å². The fraction of sp³-hybridized carbons (Fsp3) is 1.00. The van der Waals surface area contributed by atoms with Crippen molar-refractivity contribution in [2.24, 2.45) is 11.1 Å². The molecule has 1 saturated carbocycles. The van der Waals surface area contributed by atoms with Crippen LogP contribution in [-0.2, 0) is 0 Å². The van der Waals surface area contributed by atoms with Crippen molar-refractivity contribution < 1.29 is 0 Å². The van der Waals surface area contributed by atoms with Crippen molar-refractivity contribution in [2.75, 3.05) is 26.7 Å². The van der Waals surface area contributed by atoms with Crippen molar-refractivity contribution in [3.8, 4) is 0 Å². The third kappa shape index (κ3) is 3.65. The van der Waals surface area contributed by atoms with Gasteiger partial charge in [0.25, 0.3) is 0 Å². The van der Waals surface area contributed by atoms with Crippen LogP contribution < -0.4 is 5.73 Å². The largest absolute Gasteiger partial charge is 0.330 e. The SMILES string of the molecule is CCCCN(C)CC1(CCN)CC1. The zero-order valence-corrected chi connectivity index (χ0v) is 9.18. The van der Waals surface area contributed by atoms with E-state index in [2.05, 4.69) is 18.9 Å². The average Bonchev–Trinajstić information content (AvgIpc) is 2.82. The second-order valence-electron chi connectivity index (χ2n) is 4.63. The normalized spacial score (nSPS) is 19.4. The lowest BCUT2D eigenvalue weighted by Crippen LogP contribution is -2.29. The van der Waals surface area contributed by atoms with E-state index in [9.17, 15) is 0 Å². The fourth-order valence-electron chi connectivity index (χ4n) is 2.05. The average molecular weight is 184 g/mol. The van der Waals surface area contributed by atoms with Crippen LogP contribution >= 0.6 is 0 Å². The van der Waals surface area contributed by atoms with Gasteiger partial charge in [-0.05, 0) is 51.2 Å². The molecular weight excluding hydrogens is 160 g/mol. The molecule has 0 amide bonds. The minimum Gasteiger partial charge on any atom is -0.330 e. The Labute approximate surface area is 82.5 Å². The highest BCUT2D eigenvalue weighted by Gasteiger charge is 2.41. The topological polar surface area (TPSA) is 29.3 Å². The van der Waals surface area contributed by atoms with Crippen LogP contribution in [0.2, 0.25) is 0 Å². The Bertz CT molecular complexity index is 141. The van der Waals surface area contributed by atoms with Crippen LogP contribution in [-0.4, -0.2) is 31.6 Å². The molecule has 0 spiro atoms. The molecule has 0 heterocycles. The van der Waals surface area contributed by atoms with Gasteiger partial charge in [-0.3, -0.25) is 0 Å². The zero-order chi connectivity index (χ0) is 9.73. The van der Waals surface area contributed by atoms with Crippen LogP contribution in [0.25, 0.3) is 0 Å². The summed E-state index contributed by atoms with van der Waals surface area (Å²) in [7, 11) is 2.24. The van der Waals surface area contributed by atoms with Gasteiger partial charge in [0.1, 0.15) is 0 Å². The number of hydrogen-bond donors (Lipinski definition) is 1. The Kier molecular flexibility index (Phi) is 4.20. The van der Waals surface area contributed by atoms with Crippen LogP contribution in [0, 0.1) is 5.41 Å². The van der Waals surface area contributed by atoms with E-state index in [0.29, 0.717) is 5.41 Å². The van der Waals surface area contributed by atoms with Crippen LogP contribution in [0.1, 0.15) is 39.0 Å². The first-order valence-electron chi connectivity index (χ1n) is 5.61. The van der Waals surface area contributed by atoms with E-state index < -0.39 is 0 Å². The summed E-state index contributed by atoms with van der Waals surface area (Å²) in [6.07, 6.45) is 6.66. The maximum absolute atomic E-state index is 5.61. The van der Waals surface area contributed by atoms with Gasteiger partial charge in [0.15, 0.2) is 0 Å². The highest BCUT2D eigenvalue weighted by Crippen LogP contribution is 2.48. The van der Waals surface area contributed by atoms with Gasteiger partial charge in [-0.15, -0.1) is 0 Å². The highest BCUT2D eigenvalue weighted by molar-refractivity contribution is 4.95. The molecule has 0 aliphatic heterocycles. The summed E-state index contributed by atoms with van der Waals surface area (Å²) in [6, 6.07) is 0. The molecular formula is C11H24N2. The van der Waals surface area contributed by atoms with Crippen LogP contribution in [0.15, 0.2) is 0 Å². The van der Waals surface area contributed by atoms with Crippen molar-refractivity contribution in [2.45, 2.75) is 39.0 Å². The van der Waals surface area contributed by atoms with E-state index in [1.165, 1.54) is 45.2 Å². The van der Waals surface area contributed by atoms with Gasteiger partial charge in [-0.1, -0.05) is 13.3 Å². The van der Waals surface area contributed by atoms with Gasteiger partial charge in [0.2, 0.25) is 0 Å². The maximum atomic E-state index is 5.61. The summed E-state index contributed by atoms with van der Waals surface area (Å²) in [5.74, 6) is 0. The number of unbranched alkanes of at least 4 members (excludes halogenated alkanes) is 1. The minimum absolute atomic E-state index is 0.622. The van der Waals surface area contributed by atoms with Gasteiger partial charge in [0.05, 0.1) is 0 Å². The molecule has 1 aliphatic rings. The Morgan fingerprint density at radius 3 is 2.54 bits per heavy atom. The third-order valence-electron chi connectivity index (χ3n) is 3.13. The predicted molar refractivity (Wildman–Crippen MR) is 57.7 cm³/mol. The lowest BCUT2D eigenvalue weighted by molar-refractivity contribution is 0.252. The summed E-state index contributed by atoms with van der Waals surface area (Å²) >= 11 is 0. The van der Waals surface area contributed by atoms with Gasteiger partial charge in [-0.25, -0.2) is 0 Å². The second-order valence-corrected chi connectivity index (χ2v) is 4.63. The molecule has 13 heavy (non-hydrogen) atoms. The van der Waals surface area contributed by atoms with Crippen LogP contribution in [0.5, 0.6) is 0 Å². The van der Waals surface area contributed by atoms with Gasteiger partial charge in [-0.2, -0.15) is 0 Å². The minimum atomic E-state index is 0.622. The monoisotopic (exact) mass is 184 g/mol. The summed E-state index contributed by atoms with van der Waals surface area (Å²) in [4.78, 5) is 2.48. The molecule has 2 nitrogen and oxygen atoms in total. The molecule has 0 bridgehead atoms. The van der Waals surface area contributed by atoms with Crippen molar-refractivity contribution in [1.29, 1.82) is 0 Å². The molecule has 0 unspecified atom stereocenters. The number of rotatable bonds is 7. The van der Waals surface area contributed by atoms with Crippen molar-refractivity contribution >= 4 is 0 Å². The quantitative estimate of drug-likeness (QED) is 0.654. The van der Waals surface area contributed by atoms with Gasteiger partial charge in [0, 0.05) is 6.54 Å². The van der Waals surface area contributed by atoms with E-state index in [4.69, 9.17) is 5.73 Å². The van der Waals surface area contributed by atoms with E-state index in [0.717, 1.165) is 6.54 Å². The van der Waals surface area contributed by atoms with E-state index >= 15 is 0 Å². The molecule has 1 aliphatic carbocycles. The fourth-order valence-corrected chi connectivity index (χ4v) is 2.05. The van der Waals surface area contributed by atoms with Gasteiger partial charge >= 0.3 is 0 Å². The lowest BCUT2D eigenvalue weighted by atomic mass is 10.0. The highest BCUT2D eigenvalue weighted by atomic mass is 15.1. The number of hydrogen-bond acceptors (Lipinski definition) is 2. The van der Waals surface area contributed by atoms with E-state index in [-0.39, 0.29) is 0 Å². The van der Waals surface area contributed by atoms with E-state index in [1.54, 1.807) is 0 Å². The van der Waals surface area contributed by atoms with Crippen LogP contribution in [0.4, 0.5) is 0 Å². The Balaban J connectivity index is 2.15. The molecule has 2 heteroatoms. The lowest BCUT2D eigenvalue weighted by Gasteiger charge is -2.23. The molecule has 0 saturated heterocycles. The second kappa shape index (κ2) is 4.97. The molecule has 0 aromatic heterocycles. The Morgan fingerprint density at radius 1 is 1.38 bits per heavy atom. The van der Waals surface area contributed by atoms with Gasteiger partial charge < -0.3 is 10.6 Å². The van der Waals surface area contributed by atoms with Crippen LogP contribution in [0.3, 0.4) is 0 Å². The summed E-state index contributed by atoms with van der Waals surface area (Å²) in [5, 5.41) is 0. The number of nitrogens with two attached hydrogens (primary N) is 1. The third-order valence-corrected chi connectivity index (χ3v) is 3.13. The first kappa shape index (κ1) is 11.0. The first-order chi connectivity index (χ1) is 6.22. The predicted octanol–water partition coefficient (Wildman–Crippen LogP) is 1.85. The summed E-state index contributed by atoms with van der Waals surface area (Å²) < 4.78 is 0.